The number of imide groups is 1. The number of esters is 1. The summed E-state index contributed by atoms with van der Waals surface area (Å²) in [7, 11) is 0. The quantitative estimate of drug-likeness (QED) is 0.717. The Balaban J connectivity index is 1.42. The first-order valence-corrected chi connectivity index (χ1v) is 9.10. The zero-order chi connectivity index (χ0) is 18.7. The zero-order valence-electron chi connectivity index (χ0n) is 14.1. The minimum atomic E-state index is -0.753. The van der Waals surface area contributed by atoms with E-state index in [4.69, 9.17) is 9.15 Å². The van der Waals surface area contributed by atoms with Crippen molar-refractivity contribution in [2.75, 3.05) is 12.4 Å². The van der Waals surface area contributed by atoms with E-state index in [2.05, 4.69) is 10.6 Å². The van der Waals surface area contributed by atoms with Crippen LogP contribution in [0.1, 0.15) is 25.5 Å². The molecule has 2 fully saturated rings. The normalized spacial score (nSPS) is 24.3. The van der Waals surface area contributed by atoms with Crippen molar-refractivity contribution in [2.45, 2.75) is 37.2 Å². The average Bonchev–Trinajstić information content (AvgIpc) is 3.29. The maximum absolute atomic E-state index is 12.2. The fourth-order valence-electron chi connectivity index (χ4n) is 3.02. The van der Waals surface area contributed by atoms with Gasteiger partial charge in [-0.3, -0.25) is 14.9 Å². The molecule has 0 radical (unpaired) electrons. The predicted molar refractivity (Wildman–Crippen MR) is 90.8 cm³/mol. The summed E-state index contributed by atoms with van der Waals surface area (Å²) >= 11 is 1.54. The monoisotopic (exact) mass is 381 g/mol. The van der Waals surface area contributed by atoms with Gasteiger partial charge in [-0.05, 0) is 25.5 Å². The highest BCUT2D eigenvalue weighted by Crippen LogP contribution is 2.47. The number of rotatable bonds is 5. The van der Waals surface area contributed by atoms with Gasteiger partial charge in [0, 0.05) is 12.2 Å². The predicted octanol–water partition coefficient (Wildman–Crippen LogP) is 0.603. The number of hydrogen-bond donors (Lipinski definition) is 2. The van der Waals surface area contributed by atoms with Gasteiger partial charge in [0.15, 0.2) is 6.61 Å². The Hall–Kier alpha value is -2.49. The molecule has 0 saturated carbocycles. The van der Waals surface area contributed by atoms with Gasteiger partial charge >= 0.3 is 12.0 Å². The third kappa shape index (κ3) is 3.85. The number of nitrogens with zero attached hydrogens (tertiary/aromatic N) is 1. The van der Waals surface area contributed by atoms with Crippen molar-refractivity contribution in [3.05, 3.63) is 24.2 Å². The van der Waals surface area contributed by atoms with Crippen molar-refractivity contribution in [2.24, 2.45) is 0 Å². The van der Waals surface area contributed by atoms with Gasteiger partial charge in [-0.25, -0.2) is 9.59 Å². The molecule has 26 heavy (non-hydrogen) atoms. The van der Waals surface area contributed by atoms with Gasteiger partial charge in [0.2, 0.25) is 5.91 Å². The standard InChI is InChI=1S/C16H19N3O6S/c1-16-5-4-13(21)19(16)11(9-26-16)14(22)25-8-12(20)18-15(23)17-7-10-3-2-6-24-10/h2-3,6,11H,4-5,7-9H2,1H3,(H2,17,18,20,23)/t11-,16+/m1/s1. The van der Waals surface area contributed by atoms with E-state index in [1.165, 1.54) is 18.0 Å². The molecule has 2 N–H and O–H groups in total. The molecule has 0 unspecified atom stereocenters. The van der Waals surface area contributed by atoms with Gasteiger partial charge in [-0.2, -0.15) is 0 Å². The molecule has 3 rings (SSSR count). The van der Waals surface area contributed by atoms with Gasteiger partial charge in [0.05, 0.1) is 17.7 Å². The van der Waals surface area contributed by atoms with Crippen LogP contribution in [0.2, 0.25) is 0 Å². The van der Waals surface area contributed by atoms with Crippen LogP contribution in [-0.4, -0.2) is 52.0 Å². The Morgan fingerprint density at radius 3 is 3.00 bits per heavy atom. The molecule has 1 aromatic heterocycles. The van der Waals surface area contributed by atoms with Crippen molar-refractivity contribution in [1.29, 1.82) is 0 Å². The fraction of sp³-hybridized carbons (Fsp3) is 0.500. The lowest BCUT2D eigenvalue weighted by atomic mass is 10.2. The lowest BCUT2D eigenvalue weighted by Gasteiger charge is -2.29. The molecule has 10 heteroatoms. The van der Waals surface area contributed by atoms with Gasteiger partial charge in [-0.15, -0.1) is 11.8 Å². The van der Waals surface area contributed by atoms with E-state index < -0.39 is 30.6 Å². The number of urea groups is 1. The molecular formula is C16H19N3O6S. The molecule has 0 aromatic carbocycles. The van der Waals surface area contributed by atoms with E-state index in [1.807, 2.05) is 6.92 Å². The summed E-state index contributed by atoms with van der Waals surface area (Å²) in [5.74, 6) is -0.497. The Kier molecular flexibility index (Phi) is 5.21. The van der Waals surface area contributed by atoms with Gasteiger partial charge < -0.3 is 19.4 Å². The molecule has 4 amide bonds. The summed E-state index contributed by atoms with van der Waals surface area (Å²) in [5, 5.41) is 4.50. The van der Waals surface area contributed by atoms with Crippen molar-refractivity contribution < 1.29 is 28.3 Å². The highest BCUT2D eigenvalue weighted by molar-refractivity contribution is 8.01. The second kappa shape index (κ2) is 7.40. The number of carbonyl (C=O) groups excluding carboxylic acids is 4. The van der Waals surface area contributed by atoms with E-state index in [-0.39, 0.29) is 17.3 Å². The first kappa shape index (κ1) is 18.3. The highest BCUT2D eigenvalue weighted by Gasteiger charge is 2.53. The number of nitrogens with one attached hydrogen (secondary N) is 2. The van der Waals surface area contributed by atoms with Crippen LogP contribution in [0.4, 0.5) is 4.79 Å². The van der Waals surface area contributed by atoms with E-state index in [0.29, 0.717) is 24.4 Å². The SMILES string of the molecule is C[C@]12CCC(=O)N1[C@@H](C(=O)OCC(=O)NC(=O)NCc1ccco1)CS2. The summed E-state index contributed by atoms with van der Waals surface area (Å²) in [4.78, 5) is 48.7. The molecule has 9 nitrogen and oxygen atoms in total. The Bertz CT molecular complexity index is 722. The average molecular weight is 381 g/mol. The smallest absolute Gasteiger partial charge is 0.330 e. The van der Waals surface area contributed by atoms with Crippen LogP contribution in [0.5, 0.6) is 0 Å². The summed E-state index contributed by atoms with van der Waals surface area (Å²) in [6.07, 6.45) is 2.57. The third-order valence-electron chi connectivity index (χ3n) is 4.32. The van der Waals surface area contributed by atoms with Crippen molar-refractivity contribution in [1.82, 2.24) is 15.5 Å². The van der Waals surface area contributed by atoms with Crippen LogP contribution < -0.4 is 10.6 Å². The molecule has 2 aliphatic heterocycles. The first-order valence-electron chi connectivity index (χ1n) is 8.12. The van der Waals surface area contributed by atoms with Crippen molar-refractivity contribution >= 4 is 35.6 Å². The number of amides is 4. The fourth-order valence-corrected chi connectivity index (χ4v) is 4.43. The number of ether oxygens (including phenoxy) is 1. The number of furan rings is 1. The van der Waals surface area contributed by atoms with E-state index in [0.717, 1.165) is 0 Å². The molecule has 2 aliphatic rings. The number of hydrogen-bond acceptors (Lipinski definition) is 7. The minimum absolute atomic E-state index is 0.0822. The summed E-state index contributed by atoms with van der Waals surface area (Å²) in [6.45, 7) is 1.46. The van der Waals surface area contributed by atoms with E-state index >= 15 is 0 Å². The Morgan fingerprint density at radius 1 is 1.46 bits per heavy atom. The lowest BCUT2D eigenvalue weighted by Crippen LogP contribution is -2.47. The number of fused-ring (bicyclic) bond motifs is 1. The minimum Gasteiger partial charge on any atom is -0.467 e. The highest BCUT2D eigenvalue weighted by atomic mass is 32.2. The van der Waals surface area contributed by atoms with Crippen LogP contribution in [0.3, 0.4) is 0 Å². The molecule has 140 valence electrons. The summed E-state index contributed by atoms with van der Waals surface area (Å²) in [6, 6.07) is 1.94. The van der Waals surface area contributed by atoms with Crippen LogP contribution in [0, 0.1) is 0 Å². The van der Waals surface area contributed by atoms with Crippen LogP contribution in [0.15, 0.2) is 22.8 Å². The van der Waals surface area contributed by atoms with Gasteiger partial charge in [0.1, 0.15) is 11.8 Å². The summed E-state index contributed by atoms with van der Waals surface area (Å²) in [5.41, 5.74) is 0. The Labute approximate surface area is 153 Å². The molecule has 2 saturated heterocycles. The molecule has 1 aromatic rings. The second-order valence-corrected chi connectivity index (χ2v) is 7.68. The third-order valence-corrected chi connectivity index (χ3v) is 5.82. The van der Waals surface area contributed by atoms with Crippen LogP contribution >= 0.6 is 11.8 Å². The molecule has 2 atom stereocenters. The number of thioether (sulfide) groups is 1. The maximum atomic E-state index is 12.2. The van der Waals surface area contributed by atoms with Crippen molar-refractivity contribution in [3.63, 3.8) is 0 Å². The van der Waals surface area contributed by atoms with Gasteiger partial charge in [0.25, 0.3) is 5.91 Å². The Morgan fingerprint density at radius 2 is 2.27 bits per heavy atom. The second-order valence-electron chi connectivity index (χ2n) is 6.18. The maximum Gasteiger partial charge on any atom is 0.330 e. The molecular weight excluding hydrogens is 362 g/mol. The largest absolute Gasteiger partial charge is 0.467 e. The topological polar surface area (TPSA) is 118 Å². The molecule has 0 bridgehead atoms. The lowest BCUT2D eigenvalue weighted by molar-refractivity contribution is -0.156. The van der Waals surface area contributed by atoms with Crippen molar-refractivity contribution in [3.8, 4) is 0 Å². The molecule has 0 spiro atoms. The van der Waals surface area contributed by atoms with Gasteiger partial charge in [-0.1, -0.05) is 0 Å². The molecule has 3 heterocycles. The first-order chi connectivity index (χ1) is 12.4. The van der Waals surface area contributed by atoms with E-state index in [9.17, 15) is 19.2 Å². The molecule has 0 aliphatic carbocycles. The van der Waals surface area contributed by atoms with Crippen LogP contribution in [-0.2, 0) is 25.7 Å². The number of carbonyl (C=O) groups is 4. The van der Waals surface area contributed by atoms with Crippen LogP contribution in [0.25, 0.3) is 0 Å². The zero-order valence-corrected chi connectivity index (χ0v) is 15.0. The van der Waals surface area contributed by atoms with E-state index in [1.54, 1.807) is 17.0 Å². The summed E-state index contributed by atoms with van der Waals surface area (Å²) < 4.78 is 10.0.